The number of amides is 2. The van der Waals surface area contributed by atoms with Crippen LogP contribution in [0.2, 0.25) is 0 Å². The second kappa shape index (κ2) is 16.7. The molecule has 4 aromatic carbocycles. The number of fused-ring (bicyclic) bond motifs is 2. The Morgan fingerprint density at radius 1 is 0.548 bits per heavy atom. The molecule has 62 heavy (non-hydrogen) atoms. The summed E-state index contributed by atoms with van der Waals surface area (Å²) < 4.78 is 11.2. The first-order chi connectivity index (χ1) is 29.2. The number of H-pyrrole nitrogens is 2. The van der Waals surface area contributed by atoms with Crippen LogP contribution < -0.4 is 22.9 Å². The number of carbonyl (C=O) groups is 4. The van der Waals surface area contributed by atoms with Crippen LogP contribution in [0.1, 0.15) is 123 Å². The number of hydrogen-bond donors (Lipinski definition) is 6. The van der Waals surface area contributed by atoms with Crippen LogP contribution >= 0.6 is 0 Å². The number of ketones is 2. The average molecular weight is 843 g/mol. The predicted octanol–water partition coefficient (Wildman–Crippen LogP) is 8.06. The number of aromatic nitrogens is 4. The van der Waals surface area contributed by atoms with E-state index in [1.165, 1.54) is 0 Å². The highest BCUT2D eigenvalue weighted by Crippen LogP contribution is 2.35. The van der Waals surface area contributed by atoms with Crippen molar-refractivity contribution in [3.63, 3.8) is 0 Å². The second-order valence-corrected chi connectivity index (χ2v) is 17.7. The van der Waals surface area contributed by atoms with Crippen LogP contribution in [0.5, 0.6) is 0 Å². The van der Waals surface area contributed by atoms with E-state index in [2.05, 4.69) is 9.97 Å². The lowest BCUT2D eigenvalue weighted by molar-refractivity contribution is 0.0208. The molecule has 2 atom stereocenters. The molecule has 0 aliphatic carbocycles. The molecule has 2 saturated heterocycles. The zero-order chi connectivity index (χ0) is 44.7. The van der Waals surface area contributed by atoms with Crippen molar-refractivity contribution in [1.29, 1.82) is 0 Å². The maximum absolute atomic E-state index is 13.6. The minimum atomic E-state index is -0.578. The Morgan fingerprint density at radius 3 is 1.26 bits per heavy atom. The Balaban J connectivity index is 0.000000268. The number of nitrogens with zero attached hydrogens (tertiary/aromatic N) is 4. The Bertz CT molecular complexity index is 2510. The molecule has 2 aliphatic rings. The van der Waals surface area contributed by atoms with Gasteiger partial charge in [-0.3, -0.25) is 19.4 Å². The molecular weight excluding hydrogens is 789 g/mol. The molecular formula is C46H54N10O6. The molecule has 2 amide bonds. The minimum absolute atomic E-state index is 0.131. The van der Waals surface area contributed by atoms with Gasteiger partial charge >= 0.3 is 12.2 Å². The van der Waals surface area contributed by atoms with Crippen molar-refractivity contribution in [2.45, 2.75) is 90.5 Å². The molecule has 2 aliphatic heterocycles. The molecule has 6 aromatic rings. The van der Waals surface area contributed by atoms with Gasteiger partial charge in [0.15, 0.2) is 11.6 Å². The van der Waals surface area contributed by atoms with Gasteiger partial charge in [-0.25, -0.2) is 19.6 Å². The van der Waals surface area contributed by atoms with E-state index in [1.54, 1.807) is 70.5 Å². The first kappa shape index (κ1) is 43.0. The monoisotopic (exact) mass is 842 g/mol. The van der Waals surface area contributed by atoms with Gasteiger partial charge in [0.25, 0.3) is 0 Å². The number of nitrogen functional groups attached to an aromatic ring is 4. The van der Waals surface area contributed by atoms with Crippen molar-refractivity contribution < 1.29 is 28.7 Å². The number of anilines is 4. The highest BCUT2D eigenvalue weighted by atomic mass is 16.6. The Morgan fingerprint density at radius 2 is 0.903 bits per heavy atom. The first-order valence-corrected chi connectivity index (χ1v) is 20.6. The Hall–Kier alpha value is -7.10. The highest BCUT2D eigenvalue weighted by molar-refractivity contribution is 6.12. The molecule has 16 nitrogen and oxygen atoms in total. The zero-order valence-electron chi connectivity index (χ0n) is 35.9. The lowest BCUT2D eigenvalue weighted by Gasteiger charge is -2.27. The number of benzene rings is 4. The van der Waals surface area contributed by atoms with Crippen LogP contribution in [0.15, 0.2) is 72.8 Å². The smallest absolute Gasteiger partial charge is 0.410 e. The van der Waals surface area contributed by atoms with Crippen molar-refractivity contribution in [3.8, 4) is 0 Å². The molecule has 2 aromatic heterocycles. The fourth-order valence-electron chi connectivity index (χ4n) is 7.60. The van der Waals surface area contributed by atoms with Gasteiger partial charge in [-0.15, -0.1) is 0 Å². The van der Waals surface area contributed by atoms with E-state index in [-0.39, 0.29) is 35.8 Å². The molecule has 0 saturated carbocycles. The van der Waals surface area contributed by atoms with Crippen molar-refractivity contribution in [2.24, 2.45) is 0 Å². The molecule has 2 fully saturated rings. The van der Waals surface area contributed by atoms with Gasteiger partial charge in [0, 0.05) is 35.3 Å². The SMILES string of the molecule is CC(C)(C)OC(=O)N1CCC[C@H]1c1nc2ccc(C(=O)c3ccc4nc([C@@H]5CCCN5C(=O)OC(C)(C)C)[nH]c4c3)cc2[nH]1.Nc1ccc(C(=O)c2ccc(N)c(N)c2)cc1N. The van der Waals surface area contributed by atoms with Crippen molar-refractivity contribution in [1.82, 2.24) is 29.7 Å². The van der Waals surface area contributed by atoms with Crippen LogP contribution in [0.3, 0.4) is 0 Å². The number of ether oxygens (including phenoxy) is 2. The highest BCUT2D eigenvalue weighted by Gasteiger charge is 2.36. The summed E-state index contributed by atoms with van der Waals surface area (Å²) in [6.07, 6.45) is 2.60. The van der Waals surface area contributed by atoms with E-state index >= 15 is 0 Å². The number of imidazole rings is 2. The number of likely N-dealkylation sites (tertiary alicyclic amines) is 2. The van der Waals surface area contributed by atoms with Gasteiger partial charge in [0.05, 0.1) is 56.9 Å². The summed E-state index contributed by atoms with van der Waals surface area (Å²) >= 11 is 0. The molecule has 8 rings (SSSR count). The van der Waals surface area contributed by atoms with E-state index in [0.29, 0.717) is 69.7 Å². The lowest BCUT2D eigenvalue weighted by atomic mass is 10.0. The number of carbonyl (C=O) groups excluding carboxylic acids is 4. The predicted molar refractivity (Wildman–Crippen MR) is 239 cm³/mol. The Kier molecular flexibility index (Phi) is 11.6. The summed E-state index contributed by atoms with van der Waals surface area (Å²) in [7, 11) is 0. The van der Waals surface area contributed by atoms with Crippen LogP contribution in [0.4, 0.5) is 32.3 Å². The van der Waals surface area contributed by atoms with Gasteiger partial charge in [-0.2, -0.15) is 0 Å². The average Bonchev–Trinajstić information content (AvgIpc) is 4.03. The first-order valence-electron chi connectivity index (χ1n) is 20.6. The molecule has 0 radical (unpaired) electrons. The number of rotatable bonds is 6. The number of nitrogens with two attached hydrogens (primary N) is 4. The largest absolute Gasteiger partial charge is 0.444 e. The van der Waals surface area contributed by atoms with Gasteiger partial charge < -0.3 is 42.4 Å². The van der Waals surface area contributed by atoms with Crippen LogP contribution in [0.25, 0.3) is 22.1 Å². The molecule has 4 heterocycles. The zero-order valence-corrected chi connectivity index (χ0v) is 35.9. The summed E-state index contributed by atoms with van der Waals surface area (Å²) in [5.41, 5.74) is 27.9. The minimum Gasteiger partial charge on any atom is -0.444 e. The summed E-state index contributed by atoms with van der Waals surface area (Å²) in [6, 6.07) is 19.9. The fourth-order valence-corrected chi connectivity index (χ4v) is 7.60. The second-order valence-electron chi connectivity index (χ2n) is 17.7. The van der Waals surface area contributed by atoms with E-state index in [4.69, 9.17) is 42.4 Å². The van der Waals surface area contributed by atoms with Crippen LogP contribution in [-0.4, -0.2) is 77.8 Å². The quantitative estimate of drug-likeness (QED) is 0.0688. The number of hydrogen-bond acceptors (Lipinski definition) is 12. The topological polar surface area (TPSA) is 255 Å². The molecule has 16 heteroatoms. The van der Waals surface area contributed by atoms with Gasteiger partial charge in [-0.05, 0) is 140 Å². The normalized spacial score (nSPS) is 16.6. The molecule has 324 valence electrons. The van der Waals surface area contributed by atoms with Gasteiger partial charge in [0.2, 0.25) is 0 Å². The Labute approximate surface area is 359 Å². The van der Waals surface area contributed by atoms with Crippen LogP contribution in [0, 0.1) is 0 Å². The molecule has 10 N–H and O–H groups in total. The summed E-state index contributed by atoms with van der Waals surface area (Å²) in [6.45, 7) is 12.4. The van der Waals surface area contributed by atoms with Crippen molar-refractivity contribution in [2.75, 3.05) is 36.0 Å². The third kappa shape index (κ3) is 9.43. The van der Waals surface area contributed by atoms with E-state index in [0.717, 1.165) is 47.8 Å². The fraction of sp³-hybridized carbons (Fsp3) is 0.348. The number of aromatic amines is 2. The summed E-state index contributed by atoms with van der Waals surface area (Å²) in [5, 5.41) is 0. The van der Waals surface area contributed by atoms with Crippen molar-refractivity contribution in [3.05, 3.63) is 107 Å². The van der Waals surface area contributed by atoms with E-state index in [9.17, 15) is 19.2 Å². The van der Waals surface area contributed by atoms with E-state index < -0.39 is 11.2 Å². The van der Waals surface area contributed by atoms with E-state index in [1.807, 2.05) is 53.7 Å². The third-order valence-electron chi connectivity index (χ3n) is 10.6. The summed E-state index contributed by atoms with van der Waals surface area (Å²) in [5.74, 6) is 1.07. The molecule has 0 unspecified atom stereocenters. The summed E-state index contributed by atoms with van der Waals surface area (Å²) in [4.78, 5) is 71.1. The number of nitrogens with one attached hydrogen (secondary N) is 2. The van der Waals surface area contributed by atoms with Crippen LogP contribution in [-0.2, 0) is 9.47 Å². The van der Waals surface area contributed by atoms with Gasteiger partial charge in [0.1, 0.15) is 22.9 Å². The molecule has 0 spiro atoms. The third-order valence-corrected chi connectivity index (χ3v) is 10.6. The van der Waals surface area contributed by atoms with Gasteiger partial charge in [-0.1, -0.05) is 0 Å². The molecule has 0 bridgehead atoms. The van der Waals surface area contributed by atoms with Crippen molar-refractivity contribution >= 4 is 68.6 Å². The maximum atomic E-state index is 13.6. The lowest BCUT2D eigenvalue weighted by Crippen LogP contribution is -2.36. The maximum Gasteiger partial charge on any atom is 0.410 e. The standard InChI is InChI=1S/C33H40N6O5.C13H14N4O/c1-32(2,3)43-30(41)38-15-7-9-25(38)28-34-21-13-11-19(17-23(21)36-28)27(40)20-12-14-22-24(18-20)37-29(35-22)26-10-8-16-39(26)31(42)44-33(4,5)6;14-9-3-1-7(5-11(9)16)13(18)8-2-4-10(15)12(17)6-8/h11-14,17-18,25-26H,7-10,15-16H2,1-6H3,(H,34,36)(H,35,37);1-6H,14-17H2/t25-,26-;/m0./s1.